The number of benzene rings is 3. The van der Waals surface area contributed by atoms with Crippen molar-refractivity contribution in [2.75, 3.05) is 0 Å². The SMILES string of the molecule is Cc1c(-c2ccc(Cl)c(Cl)c2)nn(-c2cc(Cl)ccc2Cl)c1-c1ccc(Cl)c(Cl)c1. The smallest absolute Gasteiger partial charge is 0.0963 e. The van der Waals surface area contributed by atoms with Gasteiger partial charge in [0.25, 0.3) is 0 Å². The fourth-order valence-corrected chi connectivity index (χ4v) is 4.18. The minimum atomic E-state index is 0.439. The van der Waals surface area contributed by atoms with E-state index in [1.54, 1.807) is 47.1 Å². The lowest BCUT2D eigenvalue weighted by Crippen LogP contribution is -2.01. The monoisotopic (exact) mass is 514 g/mol. The molecule has 0 fully saturated rings. The Kier molecular flexibility index (Phi) is 6.28. The standard InChI is InChI=1S/C22H12Cl6N2/c1-11-21(12-2-5-15(24)18(27)8-12)29-30(20-10-14(23)4-7-17(20)26)22(11)13-3-6-16(25)19(28)9-13/h2-10H,1H3. The van der Waals surface area contributed by atoms with Crippen molar-refractivity contribution in [3.8, 4) is 28.2 Å². The van der Waals surface area contributed by atoms with Gasteiger partial charge in [0.1, 0.15) is 0 Å². The van der Waals surface area contributed by atoms with Gasteiger partial charge in [0, 0.05) is 21.7 Å². The first kappa shape index (κ1) is 21.8. The summed E-state index contributed by atoms with van der Waals surface area (Å²) >= 11 is 37.5. The van der Waals surface area contributed by atoms with Gasteiger partial charge in [-0.2, -0.15) is 5.10 Å². The van der Waals surface area contributed by atoms with E-state index in [0.717, 1.165) is 28.1 Å². The van der Waals surface area contributed by atoms with Crippen LogP contribution in [0.3, 0.4) is 0 Å². The van der Waals surface area contributed by atoms with Crippen molar-refractivity contribution in [3.63, 3.8) is 0 Å². The highest BCUT2D eigenvalue weighted by molar-refractivity contribution is 6.42. The van der Waals surface area contributed by atoms with E-state index in [1.165, 1.54) is 0 Å². The molecule has 4 aromatic rings. The number of rotatable bonds is 3. The first-order chi connectivity index (χ1) is 14.3. The van der Waals surface area contributed by atoms with Gasteiger partial charge in [-0.3, -0.25) is 0 Å². The summed E-state index contributed by atoms with van der Waals surface area (Å²) in [4.78, 5) is 0. The highest BCUT2D eigenvalue weighted by Crippen LogP contribution is 2.39. The van der Waals surface area contributed by atoms with Crippen LogP contribution < -0.4 is 0 Å². The minimum Gasteiger partial charge on any atom is -0.231 e. The second-order valence-electron chi connectivity index (χ2n) is 6.59. The Hall–Kier alpha value is -1.39. The molecule has 1 aromatic heterocycles. The Morgan fingerprint density at radius 2 is 1.20 bits per heavy atom. The zero-order valence-electron chi connectivity index (χ0n) is 15.4. The normalized spacial score (nSPS) is 11.2. The molecule has 0 spiro atoms. The third-order valence-electron chi connectivity index (χ3n) is 4.64. The Bertz CT molecular complexity index is 1280. The van der Waals surface area contributed by atoms with Crippen LogP contribution in [0.2, 0.25) is 30.1 Å². The van der Waals surface area contributed by atoms with Crippen LogP contribution in [-0.2, 0) is 0 Å². The second-order valence-corrected chi connectivity index (χ2v) is 9.06. The van der Waals surface area contributed by atoms with Gasteiger partial charge < -0.3 is 0 Å². The van der Waals surface area contributed by atoms with Crippen molar-refractivity contribution < 1.29 is 0 Å². The molecule has 0 aliphatic rings. The van der Waals surface area contributed by atoms with Crippen molar-refractivity contribution in [2.24, 2.45) is 0 Å². The summed E-state index contributed by atoms with van der Waals surface area (Å²) in [5.74, 6) is 0. The quantitative estimate of drug-likeness (QED) is 0.265. The molecule has 0 amide bonds. The summed E-state index contributed by atoms with van der Waals surface area (Å²) in [6.45, 7) is 1.97. The second kappa shape index (κ2) is 8.63. The Balaban J connectivity index is 2.03. The van der Waals surface area contributed by atoms with E-state index < -0.39 is 0 Å². The molecule has 0 aliphatic heterocycles. The Morgan fingerprint density at radius 1 is 0.633 bits per heavy atom. The molecule has 0 atom stereocenters. The summed E-state index contributed by atoms with van der Waals surface area (Å²) in [7, 11) is 0. The summed E-state index contributed by atoms with van der Waals surface area (Å²) in [5.41, 5.74) is 4.73. The van der Waals surface area contributed by atoms with Crippen LogP contribution in [0.15, 0.2) is 54.6 Å². The molecule has 0 saturated carbocycles. The van der Waals surface area contributed by atoms with Gasteiger partial charge in [-0.05, 0) is 49.4 Å². The van der Waals surface area contributed by atoms with Crippen LogP contribution in [0.1, 0.15) is 5.56 Å². The predicted molar refractivity (Wildman–Crippen MR) is 129 cm³/mol. The van der Waals surface area contributed by atoms with Crippen molar-refractivity contribution in [2.45, 2.75) is 6.92 Å². The van der Waals surface area contributed by atoms with Crippen LogP contribution in [-0.4, -0.2) is 9.78 Å². The van der Waals surface area contributed by atoms with Crippen LogP contribution in [0.4, 0.5) is 0 Å². The maximum absolute atomic E-state index is 6.50. The average Bonchev–Trinajstić information content (AvgIpc) is 3.05. The molecule has 152 valence electrons. The van der Waals surface area contributed by atoms with Gasteiger partial charge in [0.15, 0.2) is 0 Å². The van der Waals surface area contributed by atoms with E-state index in [-0.39, 0.29) is 0 Å². The summed E-state index contributed by atoms with van der Waals surface area (Å²) in [6, 6.07) is 16.0. The molecule has 4 rings (SSSR count). The summed E-state index contributed by atoms with van der Waals surface area (Å²) in [6.07, 6.45) is 0. The number of nitrogens with zero attached hydrogens (tertiary/aromatic N) is 2. The largest absolute Gasteiger partial charge is 0.231 e. The van der Waals surface area contributed by atoms with Crippen LogP contribution in [0, 0.1) is 6.92 Å². The summed E-state index contributed by atoms with van der Waals surface area (Å²) < 4.78 is 1.75. The molecule has 3 aromatic carbocycles. The Morgan fingerprint density at radius 3 is 1.83 bits per heavy atom. The molecule has 0 bridgehead atoms. The number of hydrogen-bond donors (Lipinski definition) is 0. The van der Waals surface area contributed by atoms with E-state index in [4.69, 9.17) is 74.7 Å². The van der Waals surface area contributed by atoms with Gasteiger partial charge in [0.05, 0.1) is 42.2 Å². The van der Waals surface area contributed by atoms with E-state index in [2.05, 4.69) is 0 Å². The third-order valence-corrected chi connectivity index (χ3v) is 6.68. The minimum absolute atomic E-state index is 0.439. The molecule has 30 heavy (non-hydrogen) atoms. The Labute approximate surface area is 203 Å². The van der Waals surface area contributed by atoms with E-state index >= 15 is 0 Å². The maximum atomic E-state index is 6.50. The van der Waals surface area contributed by atoms with Crippen LogP contribution in [0.25, 0.3) is 28.2 Å². The first-order valence-corrected chi connectivity index (χ1v) is 11.0. The van der Waals surface area contributed by atoms with Gasteiger partial charge in [0.2, 0.25) is 0 Å². The first-order valence-electron chi connectivity index (χ1n) is 8.72. The molecular formula is C22H12Cl6N2. The lowest BCUT2D eigenvalue weighted by atomic mass is 10.0. The molecule has 0 aliphatic carbocycles. The molecule has 1 heterocycles. The topological polar surface area (TPSA) is 17.8 Å². The highest BCUT2D eigenvalue weighted by atomic mass is 35.5. The van der Waals surface area contributed by atoms with Gasteiger partial charge in [-0.15, -0.1) is 0 Å². The van der Waals surface area contributed by atoms with Crippen molar-refractivity contribution in [3.05, 3.63) is 90.3 Å². The van der Waals surface area contributed by atoms with E-state index in [0.29, 0.717) is 35.8 Å². The number of hydrogen-bond acceptors (Lipinski definition) is 1. The van der Waals surface area contributed by atoms with Crippen LogP contribution >= 0.6 is 69.6 Å². The van der Waals surface area contributed by atoms with Gasteiger partial charge in [-0.25, -0.2) is 4.68 Å². The predicted octanol–water partition coefficient (Wildman–Crippen LogP) is 9.44. The zero-order valence-corrected chi connectivity index (χ0v) is 19.9. The molecule has 2 nitrogen and oxygen atoms in total. The van der Waals surface area contributed by atoms with Gasteiger partial charge in [-0.1, -0.05) is 81.7 Å². The van der Waals surface area contributed by atoms with Crippen molar-refractivity contribution in [1.82, 2.24) is 9.78 Å². The van der Waals surface area contributed by atoms with Crippen molar-refractivity contribution in [1.29, 1.82) is 0 Å². The number of halogens is 6. The fourth-order valence-electron chi connectivity index (χ4n) is 3.22. The molecular weight excluding hydrogens is 505 g/mol. The molecule has 0 saturated heterocycles. The summed E-state index contributed by atoms with van der Waals surface area (Å²) in [5, 5.41) is 7.71. The van der Waals surface area contributed by atoms with E-state index in [1.807, 2.05) is 19.1 Å². The molecule has 0 radical (unpaired) electrons. The highest BCUT2D eigenvalue weighted by Gasteiger charge is 2.21. The fraction of sp³-hybridized carbons (Fsp3) is 0.0455. The molecule has 8 heteroatoms. The number of aromatic nitrogens is 2. The zero-order chi connectivity index (χ0) is 21.6. The maximum Gasteiger partial charge on any atom is 0.0963 e. The molecule has 0 unspecified atom stereocenters. The third kappa shape index (κ3) is 4.05. The average molecular weight is 517 g/mol. The van der Waals surface area contributed by atoms with Gasteiger partial charge >= 0.3 is 0 Å². The van der Waals surface area contributed by atoms with Crippen LogP contribution in [0.5, 0.6) is 0 Å². The van der Waals surface area contributed by atoms with Crippen molar-refractivity contribution >= 4 is 69.6 Å². The molecule has 0 N–H and O–H groups in total. The lowest BCUT2D eigenvalue weighted by molar-refractivity contribution is 0.892. The lowest BCUT2D eigenvalue weighted by Gasteiger charge is -2.11. The van der Waals surface area contributed by atoms with E-state index in [9.17, 15) is 0 Å².